The third kappa shape index (κ3) is 7.66. The summed E-state index contributed by atoms with van der Waals surface area (Å²) >= 11 is 7.23. The van der Waals surface area contributed by atoms with Gasteiger partial charge in [0.05, 0.1) is 15.6 Å². The lowest BCUT2D eigenvalue weighted by Gasteiger charge is -2.19. The van der Waals surface area contributed by atoms with Crippen molar-refractivity contribution in [1.82, 2.24) is 5.32 Å². The fraction of sp³-hybridized carbons (Fsp3) is 0.647. The first-order valence-electron chi connectivity index (χ1n) is 7.50. The van der Waals surface area contributed by atoms with Gasteiger partial charge >= 0.3 is 0 Å². The first kappa shape index (κ1) is 19.0. The van der Waals surface area contributed by atoms with Crippen molar-refractivity contribution >= 4 is 31.9 Å². The predicted molar refractivity (Wildman–Crippen MR) is 98.0 cm³/mol. The summed E-state index contributed by atoms with van der Waals surface area (Å²) in [4.78, 5) is 0. The molecule has 1 aromatic rings. The molecule has 0 aromatic heterocycles. The molecule has 0 spiro atoms. The average molecular weight is 421 g/mol. The van der Waals surface area contributed by atoms with E-state index in [1.807, 2.05) is 0 Å². The van der Waals surface area contributed by atoms with E-state index in [1.165, 1.54) is 5.56 Å². The quantitative estimate of drug-likeness (QED) is 0.604. The van der Waals surface area contributed by atoms with E-state index in [0.717, 1.165) is 40.8 Å². The minimum atomic E-state index is 0.291. The fourth-order valence-electron chi connectivity index (χ4n) is 1.82. The highest BCUT2D eigenvalue weighted by molar-refractivity contribution is 9.11. The first-order chi connectivity index (χ1) is 9.69. The van der Waals surface area contributed by atoms with E-state index in [2.05, 4.69) is 83.9 Å². The Morgan fingerprint density at radius 1 is 1.14 bits per heavy atom. The lowest BCUT2D eigenvalue weighted by Crippen LogP contribution is -2.19. The smallest absolute Gasteiger partial charge is 0.147 e. The van der Waals surface area contributed by atoms with E-state index in [1.54, 1.807) is 0 Å². The molecule has 4 heteroatoms. The number of nitrogens with one attached hydrogen (secondary N) is 1. The Hall–Kier alpha value is -0.0600. The molecule has 0 heterocycles. The molecule has 0 atom stereocenters. The van der Waals surface area contributed by atoms with Crippen molar-refractivity contribution in [2.24, 2.45) is 11.3 Å². The molecular formula is C17H27Br2NO. The summed E-state index contributed by atoms with van der Waals surface area (Å²) in [5.74, 6) is 1.56. The molecule has 0 aliphatic rings. The molecule has 120 valence electrons. The van der Waals surface area contributed by atoms with Crippen LogP contribution in [0.25, 0.3) is 0 Å². The summed E-state index contributed by atoms with van der Waals surface area (Å²) in [5.41, 5.74) is 1.54. The lowest BCUT2D eigenvalue weighted by molar-refractivity contribution is 0.241. The standard InChI is InChI=1S/C17H27Br2NO/c1-12(2)10-20-11-13-8-14(18)16(15(19)9-13)21-7-6-17(3,4)5/h8-9,12,20H,6-7,10-11H2,1-5H3. The maximum absolute atomic E-state index is 5.93. The molecule has 0 amide bonds. The van der Waals surface area contributed by atoms with Crippen LogP contribution in [0.15, 0.2) is 21.1 Å². The molecule has 0 aliphatic heterocycles. The van der Waals surface area contributed by atoms with Gasteiger partial charge in [-0.3, -0.25) is 0 Å². The minimum absolute atomic E-state index is 0.291. The first-order valence-corrected chi connectivity index (χ1v) is 9.09. The highest BCUT2D eigenvalue weighted by Gasteiger charge is 2.13. The summed E-state index contributed by atoms with van der Waals surface area (Å²) in [6.45, 7) is 13.7. The van der Waals surface area contributed by atoms with Crippen LogP contribution in [-0.4, -0.2) is 13.2 Å². The summed E-state index contributed by atoms with van der Waals surface area (Å²) in [6.07, 6.45) is 1.03. The Labute approximate surface area is 146 Å². The number of hydrogen-bond acceptors (Lipinski definition) is 2. The van der Waals surface area contributed by atoms with E-state index < -0.39 is 0 Å². The van der Waals surface area contributed by atoms with Crippen molar-refractivity contribution in [3.8, 4) is 5.75 Å². The highest BCUT2D eigenvalue weighted by atomic mass is 79.9. The van der Waals surface area contributed by atoms with Gasteiger partial charge in [0.1, 0.15) is 5.75 Å². The molecule has 1 rings (SSSR count). The Morgan fingerprint density at radius 3 is 2.19 bits per heavy atom. The summed E-state index contributed by atoms with van der Waals surface area (Å²) in [5, 5.41) is 3.46. The van der Waals surface area contributed by atoms with Gasteiger partial charge in [0, 0.05) is 6.54 Å². The maximum Gasteiger partial charge on any atom is 0.147 e. The van der Waals surface area contributed by atoms with Crippen LogP contribution in [0.1, 0.15) is 46.6 Å². The molecule has 0 fully saturated rings. The van der Waals surface area contributed by atoms with Crippen molar-refractivity contribution in [2.45, 2.75) is 47.6 Å². The zero-order valence-corrected chi connectivity index (χ0v) is 16.9. The van der Waals surface area contributed by atoms with Crippen LogP contribution in [0.3, 0.4) is 0 Å². The van der Waals surface area contributed by atoms with E-state index in [-0.39, 0.29) is 0 Å². The topological polar surface area (TPSA) is 21.3 Å². The summed E-state index contributed by atoms with van der Waals surface area (Å²) < 4.78 is 7.94. The number of benzene rings is 1. The molecule has 0 unspecified atom stereocenters. The Kier molecular flexibility index (Phi) is 7.72. The molecule has 0 aliphatic carbocycles. The van der Waals surface area contributed by atoms with Crippen LogP contribution >= 0.6 is 31.9 Å². The van der Waals surface area contributed by atoms with E-state index >= 15 is 0 Å². The van der Waals surface area contributed by atoms with E-state index in [4.69, 9.17) is 4.74 Å². The Bertz CT molecular complexity index is 430. The highest BCUT2D eigenvalue weighted by Crippen LogP contribution is 2.35. The maximum atomic E-state index is 5.93. The van der Waals surface area contributed by atoms with Crippen molar-refractivity contribution in [2.75, 3.05) is 13.2 Å². The SMILES string of the molecule is CC(C)CNCc1cc(Br)c(OCCC(C)(C)C)c(Br)c1. The van der Waals surface area contributed by atoms with Crippen LogP contribution in [0.2, 0.25) is 0 Å². The van der Waals surface area contributed by atoms with Gasteiger partial charge in [-0.25, -0.2) is 0 Å². The van der Waals surface area contributed by atoms with Crippen LogP contribution in [-0.2, 0) is 6.54 Å². The van der Waals surface area contributed by atoms with Crippen molar-refractivity contribution in [3.63, 3.8) is 0 Å². The van der Waals surface area contributed by atoms with Crippen molar-refractivity contribution in [3.05, 3.63) is 26.6 Å². The third-order valence-electron chi connectivity index (χ3n) is 3.04. The average Bonchev–Trinajstić information content (AvgIpc) is 2.31. The Morgan fingerprint density at radius 2 is 1.71 bits per heavy atom. The second-order valence-corrected chi connectivity index (χ2v) is 8.78. The molecule has 21 heavy (non-hydrogen) atoms. The van der Waals surface area contributed by atoms with Crippen LogP contribution < -0.4 is 10.1 Å². The molecule has 0 radical (unpaired) electrons. The minimum Gasteiger partial charge on any atom is -0.491 e. The molecule has 0 bridgehead atoms. The largest absolute Gasteiger partial charge is 0.491 e. The van der Waals surface area contributed by atoms with Gasteiger partial charge in [0.2, 0.25) is 0 Å². The number of hydrogen-bond donors (Lipinski definition) is 1. The molecule has 1 aromatic carbocycles. The summed E-state index contributed by atoms with van der Waals surface area (Å²) in [7, 11) is 0. The second-order valence-electron chi connectivity index (χ2n) is 7.07. The lowest BCUT2D eigenvalue weighted by atomic mass is 9.93. The van der Waals surface area contributed by atoms with Gasteiger partial charge in [-0.15, -0.1) is 0 Å². The molecule has 0 saturated carbocycles. The third-order valence-corrected chi connectivity index (χ3v) is 4.22. The van der Waals surface area contributed by atoms with Gasteiger partial charge in [-0.1, -0.05) is 34.6 Å². The van der Waals surface area contributed by atoms with Crippen LogP contribution in [0.4, 0.5) is 0 Å². The van der Waals surface area contributed by atoms with Gasteiger partial charge in [-0.05, 0) is 73.9 Å². The number of ether oxygens (including phenoxy) is 1. The van der Waals surface area contributed by atoms with Crippen molar-refractivity contribution < 1.29 is 4.74 Å². The van der Waals surface area contributed by atoms with Gasteiger partial charge in [0.15, 0.2) is 0 Å². The second kappa shape index (κ2) is 8.54. The zero-order chi connectivity index (χ0) is 16.0. The number of halogens is 2. The zero-order valence-electron chi connectivity index (χ0n) is 13.7. The van der Waals surface area contributed by atoms with Crippen molar-refractivity contribution in [1.29, 1.82) is 0 Å². The molecule has 0 saturated heterocycles. The van der Waals surface area contributed by atoms with E-state index in [0.29, 0.717) is 11.3 Å². The summed E-state index contributed by atoms with van der Waals surface area (Å²) in [6, 6.07) is 4.26. The normalized spacial score (nSPS) is 12.0. The Balaban J connectivity index is 2.62. The number of rotatable bonds is 7. The molecule has 1 N–H and O–H groups in total. The molecular weight excluding hydrogens is 394 g/mol. The van der Waals surface area contributed by atoms with Gasteiger partial charge in [0.25, 0.3) is 0 Å². The van der Waals surface area contributed by atoms with Crippen LogP contribution in [0, 0.1) is 11.3 Å². The van der Waals surface area contributed by atoms with Gasteiger partial charge < -0.3 is 10.1 Å². The van der Waals surface area contributed by atoms with Crippen LogP contribution in [0.5, 0.6) is 5.75 Å². The van der Waals surface area contributed by atoms with E-state index in [9.17, 15) is 0 Å². The molecule has 2 nitrogen and oxygen atoms in total. The predicted octanol–water partition coefficient (Wildman–Crippen LogP) is 5.77. The van der Waals surface area contributed by atoms with Gasteiger partial charge in [-0.2, -0.15) is 0 Å². The monoisotopic (exact) mass is 419 g/mol. The fourth-order valence-corrected chi connectivity index (χ4v) is 3.33.